The summed E-state index contributed by atoms with van der Waals surface area (Å²) in [6.45, 7) is 1.86. The molecule has 1 unspecified atom stereocenters. The number of aromatic nitrogens is 4. The van der Waals surface area contributed by atoms with E-state index in [0.29, 0.717) is 6.42 Å². The van der Waals surface area contributed by atoms with E-state index in [1.165, 1.54) is 11.3 Å². The summed E-state index contributed by atoms with van der Waals surface area (Å²) in [5, 5.41) is 13.9. The maximum atomic E-state index is 10.5. The summed E-state index contributed by atoms with van der Waals surface area (Å²) in [5.41, 5.74) is 6.11. The number of aliphatic hydroxyl groups is 1. The molecule has 1 atom stereocenters. The van der Waals surface area contributed by atoms with Crippen molar-refractivity contribution in [3.8, 4) is 0 Å². The van der Waals surface area contributed by atoms with Crippen molar-refractivity contribution in [3.63, 3.8) is 0 Å². The van der Waals surface area contributed by atoms with E-state index in [1.54, 1.807) is 18.7 Å². The van der Waals surface area contributed by atoms with Crippen LogP contribution in [0.15, 0.2) is 30.9 Å². The number of H-pyrrole nitrogens is 1. The molecule has 0 bridgehead atoms. The molecule has 118 valence electrons. The highest BCUT2D eigenvalue weighted by molar-refractivity contribution is 5.82. The molecule has 23 heavy (non-hydrogen) atoms. The van der Waals surface area contributed by atoms with Gasteiger partial charge in [-0.05, 0) is 37.1 Å². The lowest BCUT2D eigenvalue weighted by Gasteiger charge is -2.10. The number of nitrogens with one attached hydrogen (secondary N) is 2. The summed E-state index contributed by atoms with van der Waals surface area (Å²) >= 11 is 0. The Labute approximate surface area is 134 Å². The van der Waals surface area contributed by atoms with Crippen LogP contribution in [-0.4, -0.2) is 31.6 Å². The molecular formula is C17H19N5O. The molecule has 3 N–H and O–H groups in total. The number of fused-ring (bicyclic) bond motifs is 3. The Morgan fingerprint density at radius 3 is 2.96 bits per heavy atom. The van der Waals surface area contributed by atoms with Crippen molar-refractivity contribution in [3.05, 3.63) is 53.4 Å². The van der Waals surface area contributed by atoms with Crippen molar-refractivity contribution in [2.75, 3.05) is 6.54 Å². The number of aryl methyl sites for hydroxylation is 1. The number of pyridine rings is 1. The summed E-state index contributed by atoms with van der Waals surface area (Å²) in [6.07, 6.45) is 6.96. The van der Waals surface area contributed by atoms with Gasteiger partial charge in [0, 0.05) is 36.6 Å². The van der Waals surface area contributed by atoms with Gasteiger partial charge in [-0.25, -0.2) is 9.97 Å². The largest absolute Gasteiger partial charge is 0.388 e. The third-order valence-electron chi connectivity index (χ3n) is 4.41. The summed E-state index contributed by atoms with van der Waals surface area (Å²) in [6, 6.07) is 3.66. The molecule has 0 aromatic carbocycles. The smallest absolute Gasteiger partial charge is 0.116 e. The average Bonchev–Trinajstić information content (AvgIpc) is 2.78. The summed E-state index contributed by atoms with van der Waals surface area (Å²) in [4.78, 5) is 16.3. The van der Waals surface area contributed by atoms with Crippen molar-refractivity contribution in [1.29, 1.82) is 0 Å². The second-order valence-corrected chi connectivity index (χ2v) is 5.91. The predicted octanol–water partition coefficient (Wildman–Crippen LogP) is 1.66. The van der Waals surface area contributed by atoms with E-state index >= 15 is 0 Å². The molecule has 1 aliphatic rings. The van der Waals surface area contributed by atoms with Crippen LogP contribution < -0.4 is 5.32 Å². The molecule has 0 fully saturated rings. The Bertz CT molecular complexity index is 814. The number of aromatic amines is 1. The van der Waals surface area contributed by atoms with Gasteiger partial charge in [-0.3, -0.25) is 4.98 Å². The maximum absolute atomic E-state index is 10.5. The van der Waals surface area contributed by atoms with Crippen LogP contribution in [0, 0.1) is 0 Å². The quantitative estimate of drug-likeness (QED) is 0.685. The molecule has 4 heterocycles. The Morgan fingerprint density at radius 2 is 2.09 bits per heavy atom. The highest BCUT2D eigenvalue weighted by Gasteiger charge is 2.19. The number of aliphatic hydroxyl groups excluding tert-OH is 1. The topological polar surface area (TPSA) is 86.7 Å². The van der Waals surface area contributed by atoms with Gasteiger partial charge in [0.1, 0.15) is 6.33 Å². The number of nitrogens with zero attached hydrogens (tertiary/aromatic N) is 3. The fraction of sp³-hybridized carbons (Fsp3) is 0.353. The molecule has 1 aliphatic heterocycles. The highest BCUT2D eigenvalue weighted by atomic mass is 16.3. The van der Waals surface area contributed by atoms with E-state index in [9.17, 15) is 5.11 Å². The van der Waals surface area contributed by atoms with E-state index in [4.69, 9.17) is 0 Å². The molecule has 3 aromatic rings. The molecule has 0 saturated carbocycles. The second-order valence-electron chi connectivity index (χ2n) is 5.91. The number of rotatable bonds is 3. The van der Waals surface area contributed by atoms with E-state index in [2.05, 4.69) is 25.3 Å². The Morgan fingerprint density at radius 1 is 1.22 bits per heavy atom. The zero-order valence-electron chi connectivity index (χ0n) is 12.8. The van der Waals surface area contributed by atoms with Crippen LogP contribution in [0.4, 0.5) is 0 Å². The van der Waals surface area contributed by atoms with Crippen molar-refractivity contribution >= 4 is 11.0 Å². The minimum atomic E-state index is -0.600. The van der Waals surface area contributed by atoms with E-state index in [1.807, 2.05) is 12.1 Å². The second kappa shape index (κ2) is 6.06. The van der Waals surface area contributed by atoms with E-state index in [-0.39, 0.29) is 0 Å². The van der Waals surface area contributed by atoms with Gasteiger partial charge in [0.2, 0.25) is 0 Å². The lowest BCUT2D eigenvalue weighted by atomic mass is 10.1. The minimum absolute atomic E-state index is 0.454. The third-order valence-corrected chi connectivity index (χ3v) is 4.41. The Balaban J connectivity index is 1.70. The summed E-state index contributed by atoms with van der Waals surface area (Å²) in [7, 11) is 0. The molecule has 0 saturated heterocycles. The Hall–Kier alpha value is -2.31. The van der Waals surface area contributed by atoms with Crippen molar-refractivity contribution in [2.24, 2.45) is 0 Å². The van der Waals surface area contributed by atoms with Gasteiger partial charge >= 0.3 is 0 Å². The normalized spacial score (nSPS) is 16.0. The number of hydrogen-bond donors (Lipinski definition) is 3. The Kier molecular flexibility index (Phi) is 3.77. The van der Waals surface area contributed by atoms with Crippen molar-refractivity contribution in [1.82, 2.24) is 25.3 Å². The van der Waals surface area contributed by atoms with Crippen LogP contribution in [0.5, 0.6) is 0 Å². The van der Waals surface area contributed by atoms with Gasteiger partial charge in [0.05, 0.1) is 22.8 Å². The van der Waals surface area contributed by atoms with Crippen LogP contribution in [0.2, 0.25) is 0 Å². The van der Waals surface area contributed by atoms with Crippen LogP contribution in [0.3, 0.4) is 0 Å². The average molecular weight is 309 g/mol. The zero-order chi connectivity index (χ0) is 15.6. The molecule has 4 rings (SSSR count). The predicted molar refractivity (Wildman–Crippen MR) is 86.8 cm³/mol. The fourth-order valence-electron chi connectivity index (χ4n) is 3.20. The SMILES string of the molecule is OC(Cc1ncnc2c3c([nH]c12)CCCNC3)c1ccncc1. The maximum Gasteiger partial charge on any atom is 0.116 e. The van der Waals surface area contributed by atoms with Crippen LogP contribution in [0.25, 0.3) is 11.0 Å². The molecule has 0 amide bonds. The van der Waals surface area contributed by atoms with Crippen molar-refractivity contribution < 1.29 is 5.11 Å². The van der Waals surface area contributed by atoms with Crippen LogP contribution in [0.1, 0.15) is 35.0 Å². The summed E-state index contributed by atoms with van der Waals surface area (Å²) < 4.78 is 0. The first-order valence-corrected chi connectivity index (χ1v) is 7.95. The first kappa shape index (κ1) is 14.3. The molecule has 3 aromatic heterocycles. The van der Waals surface area contributed by atoms with E-state index < -0.39 is 6.10 Å². The monoisotopic (exact) mass is 309 g/mol. The van der Waals surface area contributed by atoms with E-state index in [0.717, 1.165) is 48.2 Å². The molecule has 6 heteroatoms. The van der Waals surface area contributed by atoms with Gasteiger partial charge in [-0.1, -0.05) is 0 Å². The fourth-order valence-corrected chi connectivity index (χ4v) is 3.20. The minimum Gasteiger partial charge on any atom is -0.388 e. The number of hydrogen-bond acceptors (Lipinski definition) is 5. The summed E-state index contributed by atoms with van der Waals surface area (Å²) in [5.74, 6) is 0. The van der Waals surface area contributed by atoms with Gasteiger partial charge in [0.25, 0.3) is 0 Å². The first-order valence-electron chi connectivity index (χ1n) is 7.95. The zero-order valence-corrected chi connectivity index (χ0v) is 12.8. The lowest BCUT2D eigenvalue weighted by molar-refractivity contribution is 0.177. The highest BCUT2D eigenvalue weighted by Crippen LogP contribution is 2.27. The molecule has 6 nitrogen and oxygen atoms in total. The van der Waals surface area contributed by atoms with Crippen LogP contribution in [-0.2, 0) is 19.4 Å². The third kappa shape index (κ3) is 2.71. The van der Waals surface area contributed by atoms with Gasteiger partial charge in [-0.2, -0.15) is 0 Å². The first-order chi connectivity index (χ1) is 11.3. The molecule has 0 spiro atoms. The van der Waals surface area contributed by atoms with Crippen LogP contribution >= 0.6 is 0 Å². The molecular weight excluding hydrogens is 290 g/mol. The van der Waals surface area contributed by atoms with Gasteiger partial charge < -0.3 is 15.4 Å². The standard InChI is InChI=1S/C17H19N5O/c23-15(11-3-6-18-7-4-11)8-14-17-16(21-10-20-14)12-9-19-5-1-2-13(12)22-17/h3-4,6-7,10,15,19,22-23H,1-2,5,8-9H2. The van der Waals surface area contributed by atoms with Crippen molar-refractivity contribution in [2.45, 2.75) is 31.9 Å². The molecule has 0 aliphatic carbocycles. The van der Waals surface area contributed by atoms with Gasteiger partial charge in [-0.15, -0.1) is 0 Å². The lowest BCUT2D eigenvalue weighted by Crippen LogP contribution is -2.12. The molecule has 0 radical (unpaired) electrons. The van der Waals surface area contributed by atoms with Gasteiger partial charge in [0.15, 0.2) is 0 Å².